The highest BCUT2D eigenvalue weighted by Gasteiger charge is 2.18. The number of amides is 2. The number of anilines is 1. The van der Waals surface area contributed by atoms with Crippen molar-refractivity contribution >= 4 is 17.6 Å². The summed E-state index contributed by atoms with van der Waals surface area (Å²) in [5.41, 5.74) is 1.66. The van der Waals surface area contributed by atoms with Gasteiger partial charge in [-0.3, -0.25) is 14.3 Å². The normalized spacial score (nSPS) is 11.7. The lowest BCUT2D eigenvalue weighted by Gasteiger charge is -2.18. The second kappa shape index (κ2) is 7.63. The van der Waals surface area contributed by atoms with E-state index in [4.69, 9.17) is 4.74 Å². The first-order chi connectivity index (χ1) is 11.4. The van der Waals surface area contributed by atoms with E-state index >= 15 is 0 Å². The van der Waals surface area contributed by atoms with Crippen molar-refractivity contribution in [1.29, 1.82) is 0 Å². The molecule has 24 heavy (non-hydrogen) atoms. The van der Waals surface area contributed by atoms with Gasteiger partial charge in [-0.05, 0) is 24.6 Å². The van der Waals surface area contributed by atoms with Crippen LogP contribution in [0.2, 0.25) is 0 Å². The van der Waals surface area contributed by atoms with Gasteiger partial charge in [0.05, 0.1) is 25.3 Å². The van der Waals surface area contributed by atoms with Crippen molar-refractivity contribution in [2.45, 2.75) is 26.3 Å². The van der Waals surface area contributed by atoms with Gasteiger partial charge in [-0.25, -0.2) is 0 Å². The fourth-order valence-electron chi connectivity index (χ4n) is 2.44. The average Bonchev–Trinajstić information content (AvgIpc) is 2.83. The molecule has 1 heterocycles. The summed E-state index contributed by atoms with van der Waals surface area (Å²) in [5, 5.41) is 9.81. The van der Waals surface area contributed by atoms with E-state index in [-0.39, 0.29) is 18.2 Å². The predicted molar refractivity (Wildman–Crippen MR) is 90.7 cm³/mol. The van der Waals surface area contributed by atoms with Gasteiger partial charge in [0.25, 0.3) is 0 Å². The van der Waals surface area contributed by atoms with Crippen molar-refractivity contribution in [1.82, 2.24) is 15.1 Å². The SMILES string of the molecule is COc1ccc(C(CC(=O)Nc2cc(C)nn2C)NC(C)=O)cc1. The Kier molecular flexibility index (Phi) is 5.57. The molecule has 0 aliphatic rings. The fraction of sp³-hybridized carbons (Fsp3) is 0.353. The number of rotatable bonds is 6. The van der Waals surface area contributed by atoms with Crippen LogP contribution in [0.4, 0.5) is 5.82 Å². The number of methoxy groups -OCH3 is 1. The quantitative estimate of drug-likeness (QED) is 0.848. The monoisotopic (exact) mass is 330 g/mol. The minimum absolute atomic E-state index is 0.121. The molecule has 2 N–H and O–H groups in total. The molecule has 1 aromatic heterocycles. The van der Waals surface area contributed by atoms with Crippen molar-refractivity contribution in [3.63, 3.8) is 0 Å². The average molecular weight is 330 g/mol. The second-order valence-electron chi connectivity index (χ2n) is 5.57. The zero-order valence-corrected chi connectivity index (χ0v) is 14.3. The summed E-state index contributed by atoms with van der Waals surface area (Å²) in [5.74, 6) is 0.941. The number of aryl methyl sites for hydroxylation is 2. The number of hydrogen-bond donors (Lipinski definition) is 2. The predicted octanol–water partition coefficient (Wildman–Crippen LogP) is 1.94. The Hall–Kier alpha value is -2.83. The summed E-state index contributed by atoms with van der Waals surface area (Å²) >= 11 is 0. The van der Waals surface area contributed by atoms with Gasteiger partial charge in [0.1, 0.15) is 11.6 Å². The van der Waals surface area contributed by atoms with E-state index in [9.17, 15) is 9.59 Å². The van der Waals surface area contributed by atoms with Crippen molar-refractivity contribution in [2.24, 2.45) is 7.05 Å². The summed E-state index contributed by atoms with van der Waals surface area (Å²) < 4.78 is 6.73. The fourth-order valence-corrected chi connectivity index (χ4v) is 2.44. The van der Waals surface area contributed by atoms with Gasteiger partial charge < -0.3 is 15.4 Å². The number of ether oxygens (including phenoxy) is 1. The van der Waals surface area contributed by atoms with Crippen molar-refractivity contribution < 1.29 is 14.3 Å². The van der Waals surface area contributed by atoms with Crippen molar-refractivity contribution in [3.8, 4) is 5.75 Å². The zero-order valence-electron chi connectivity index (χ0n) is 14.3. The van der Waals surface area contributed by atoms with Gasteiger partial charge in [-0.2, -0.15) is 5.10 Å². The molecule has 7 nitrogen and oxygen atoms in total. The molecule has 0 saturated heterocycles. The largest absolute Gasteiger partial charge is 0.497 e. The topological polar surface area (TPSA) is 85.2 Å². The van der Waals surface area contributed by atoms with Gasteiger partial charge in [0.2, 0.25) is 11.8 Å². The van der Waals surface area contributed by atoms with Crippen LogP contribution >= 0.6 is 0 Å². The molecule has 128 valence electrons. The summed E-state index contributed by atoms with van der Waals surface area (Å²) in [6, 6.07) is 8.64. The first-order valence-electron chi connectivity index (χ1n) is 7.60. The van der Waals surface area contributed by atoms with E-state index in [1.807, 2.05) is 19.1 Å². The van der Waals surface area contributed by atoms with Gasteiger partial charge in [0, 0.05) is 20.0 Å². The van der Waals surface area contributed by atoms with Crippen LogP contribution in [0.5, 0.6) is 5.75 Å². The third kappa shape index (κ3) is 4.58. The molecule has 2 rings (SSSR count). The molecule has 1 atom stereocenters. The molecule has 2 aromatic rings. The highest BCUT2D eigenvalue weighted by atomic mass is 16.5. The molecule has 0 fully saturated rings. The molecule has 2 amide bonds. The molecule has 0 aliphatic heterocycles. The van der Waals surface area contributed by atoms with Crippen molar-refractivity contribution in [3.05, 3.63) is 41.6 Å². The van der Waals surface area contributed by atoms with Gasteiger partial charge >= 0.3 is 0 Å². The Balaban J connectivity index is 2.11. The second-order valence-corrected chi connectivity index (χ2v) is 5.57. The highest BCUT2D eigenvalue weighted by Crippen LogP contribution is 2.21. The Morgan fingerprint density at radius 3 is 2.46 bits per heavy atom. The first kappa shape index (κ1) is 17.5. The van der Waals surface area contributed by atoms with Crippen molar-refractivity contribution in [2.75, 3.05) is 12.4 Å². The molecule has 0 bridgehead atoms. The lowest BCUT2D eigenvalue weighted by molar-refractivity contribution is -0.120. The van der Waals surface area contributed by atoms with Crippen LogP contribution in [-0.4, -0.2) is 28.7 Å². The number of nitrogens with one attached hydrogen (secondary N) is 2. The highest BCUT2D eigenvalue weighted by molar-refractivity contribution is 5.90. The number of carbonyl (C=O) groups is 2. The molecular formula is C17H22N4O3. The minimum Gasteiger partial charge on any atom is -0.497 e. The van der Waals surface area contributed by atoms with Crippen LogP contribution < -0.4 is 15.4 Å². The van der Waals surface area contributed by atoms with E-state index in [1.165, 1.54) is 6.92 Å². The van der Waals surface area contributed by atoms with E-state index in [0.717, 1.165) is 17.0 Å². The molecule has 7 heteroatoms. The molecule has 0 aliphatic carbocycles. The van der Waals surface area contributed by atoms with E-state index in [0.29, 0.717) is 5.82 Å². The number of benzene rings is 1. The third-order valence-corrected chi connectivity index (χ3v) is 3.55. The summed E-state index contributed by atoms with van der Waals surface area (Å²) in [6.07, 6.45) is 0.121. The number of carbonyl (C=O) groups excluding carboxylic acids is 2. The standard InChI is InChI=1S/C17H22N4O3/c1-11-9-16(21(3)20-11)19-17(23)10-15(18-12(2)22)13-5-7-14(24-4)8-6-13/h5-9,15H,10H2,1-4H3,(H,18,22)(H,19,23). The number of hydrogen-bond acceptors (Lipinski definition) is 4. The Bertz CT molecular complexity index is 722. The maximum Gasteiger partial charge on any atom is 0.227 e. The van der Waals surface area contributed by atoms with Gasteiger partial charge in [-0.1, -0.05) is 12.1 Å². The molecule has 0 saturated carbocycles. The maximum absolute atomic E-state index is 12.3. The molecule has 0 spiro atoms. The van der Waals surface area contributed by atoms with Crippen LogP contribution in [0.1, 0.15) is 30.6 Å². The summed E-state index contributed by atoms with van der Waals surface area (Å²) in [7, 11) is 3.35. The lowest BCUT2D eigenvalue weighted by Crippen LogP contribution is -2.30. The van der Waals surface area contributed by atoms with Crippen LogP contribution in [0.3, 0.4) is 0 Å². The maximum atomic E-state index is 12.3. The number of nitrogens with zero attached hydrogens (tertiary/aromatic N) is 2. The van der Waals surface area contributed by atoms with Crippen LogP contribution in [0.25, 0.3) is 0 Å². The van der Waals surface area contributed by atoms with Crippen LogP contribution in [-0.2, 0) is 16.6 Å². The zero-order chi connectivity index (χ0) is 17.7. The van der Waals surface area contributed by atoms with E-state index in [2.05, 4.69) is 15.7 Å². The molecular weight excluding hydrogens is 308 g/mol. The molecule has 1 aromatic carbocycles. The lowest BCUT2D eigenvalue weighted by atomic mass is 10.0. The van der Waals surface area contributed by atoms with E-state index in [1.54, 1.807) is 37.0 Å². The van der Waals surface area contributed by atoms with E-state index < -0.39 is 6.04 Å². The molecule has 1 unspecified atom stereocenters. The minimum atomic E-state index is -0.414. The Morgan fingerprint density at radius 1 is 1.29 bits per heavy atom. The van der Waals surface area contributed by atoms with Crippen LogP contribution in [0, 0.1) is 6.92 Å². The van der Waals surface area contributed by atoms with Gasteiger partial charge in [-0.15, -0.1) is 0 Å². The summed E-state index contributed by atoms with van der Waals surface area (Å²) in [6.45, 7) is 3.28. The first-order valence-corrected chi connectivity index (χ1v) is 7.60. The third-order valence-electron chi connectivity index (χ3n) is 3.55. The summed E-state index contributed by atoms with van der Waals surface area (Å²) in [4.78, 5) is 23.8. The Labute approximate surface area is 141 Å². The van der Waals surface area contributed by atoms with Gasteiger partial charge in [0.15, 0.2) is 0 Å². The molecule has 0 radical (unpaired) electrons. The van der Waals surface area contributed by atoms with Crippen LogP contribution in [0.15, 0.2) is 30.3 Å². The number of aromatic nitrogens is 2. The smallest absolute Gasteiger partial charge is 0.227 e. The Morgan fingerprint density at radius 2 is 1.96 bits per heavy atom.